The molecule has 2 fully saturated rings. The van der Waals surface area contributed by atoms with Crippen LogP contribution in [0.15, 0.2) is 11.4 Å². The third-order valence-electron chi connectivity index (χ3n) is 5.32. The number of amides is 1. The van der Waals surface area contributed by atoms with E-state index in [-0.39, 0.29) is 18.1 Å². The van der Waals surface area contributed by atoms with Gasteiger partial charge in [-0.2, -0.15) is 0 Å². The van der Waals surface area contributed by atoms with Crippen molar-refractivity contribution in [3.05, 3.63) is 16.8 Å². The maximum absolute atomic E-state index is 12.9. The summed E-state index contributed by atoms with van der Waals surface area (Å²) < 4.78 is 5.88. The number of hydrogen-bond acceptors (Lipinski definition) is 6. The number of aromatic nitrogens is 2. The first kappa shape index (κ1) is 17.2. The van der Waals surface area contributed by atoms with Gasteiger partial charge in [-0.05, 0) is 32.3 Å². The fourth-order valence-electron chi connectivity index (χ4n) is 3.88. The van der Waals surface area contributed by atoms with Crippen molar-refractivity contribution in [2.45, 2.75) is 56.7 Å². The molecule has 1 aliphatic heterocycles. The van der Waals surface area contributed by atoms with Crippen molar-refractivity contribution in [2.24, 2.45) is 0 Å². The Balaban J connectivity index is 1.49. The van der Waals surface area contributed by atoms with Crippen LogP contribution in [0, 0.1) is 13.8 Å². The van der Waals surface area contributed by atoms with Gasteiger partial charge in [0.15, 0.2) is 0 Å². The van der Waals surface area contributed by atoms with Crippen LogP contribution in [0.5, 0.6) is 0 Å². The highest BCUT2D eigenvalue weighted by Gasteiger charge is 2.36. The summed E-state index contributed by atoms with van der Waals surface area (Å²) in [5.74, 6) is 0.644. The summed E-state index contributed by atoms with van der Waals surface area (Å²) >= 11 is 3.24. The van der Waals surface area contributed by atoms with Gasteiger partial charge in [-0.3, -0.25) is 4.79 Å². The minimum atomic E-state index is 0.210. The minimum Gasteiger partial charge on any atom is -0.374 e. The summed E-state index contributed by atoms with van der Waals surface area (Å²) in [6.07, 6.45) is 6.41. The van der Waals surface area contributed by atoms with Crippen molar-refractivity contribution in [1.29, 1.82) is 0 Å². The van der Waals surface area contributed by atoms with E-state index in [4.69, 9.17) is 4.74 Å². The van der Waals surface area contributed by atoms with Crippen molar-refractivity contribution in [2.75, 3.05) is 18.9 Å². The zero-order valence-corrected chi connectivity index (χ0v) is 16.3. The van der Waals surface area contributed by atoms with Crippen LogP contribution in [-0.2, 0) is 9.53 Å². The number of ether oxygens (including phenoxy) is 1. The molecule has 0 spiro atoms. The number of carbonyl (C=O) groups is 1. The largest absolute Gasteiger partial charge is 0.374 e. The Morgan fingerprint density at radius 1 is 1.36 bits per heavy atom. The zero-order valence-electron chi connectivity index (χ0n) is 14.7. The van der Waals surface area contributed by atoms with Gasteiger partial charge >= 0.3 is 0 Å². The lowest BCUT2D eigenvalue weighted by Gasteiger charge is -2.43. The van der Waals surface area contributed by atoms with E-state index in [1.165, 1.54) is 23.3 Å². The molecule has 134 valence electrons. The summed E-state index contributed by atoms with van der Waals surface area (Å²) in [5.41, 5.74) is 1.23. The first-order valence-corrected chi connectivity index (χ1v) is 10.7. The number of thiophene rings is 1. The molecular weight excluding hydrogens is 354 g/mol. The van der Waals surface area contributed by atoms with E-state index in [0.29, 0.717) is 12.4 Å². The first-order chi connectivity index (χ1) is 12.1. The predicted octanol–water partition coefficient (Wildman–Crippen LogP) is 3.57. The Hall–Kier alpha value is -1.18. The summed E-state index contributed by atoms with van der Waals surface area (Å²) in [5, 5.41) is 2.04. The Kier molecular flexibility index (Phi) is 4.97. The van der Waals surface area contributed by atoms with Crippen LogP contribution >= 0.6 is 23.1 Å². The Labute approximate surface area is 156 Å². The molecule has 2 atom stereocenters. The van der Waals surface area contributed by atoms with E-state index in [0.717, 1.165) is 34.6 Å². The van der Waals surface area contributed by atoms with Crippen molar-refractivity contribution >= 4 is 39.2 Å². The van der Waals surface area contributed by atoms with Crippen molar-refractivity contribution in [1.82, 2.24) is 14.9 Å². The smallest absolute Gasteiger partial charge is 0.233 e. The summed E-state index contributed by atoms with van der Waals surface area (Å²) in [6, 6.07) is 0.270. The minimum absolute atomic E-state index is 0.210. The average Bonchev–Trinajstić information content (AvgIpc) is 2.94. The number of rotatable bonds is 3. The number of thioether (sulfide) groups is 1. The molecule has 3 heterocycles. The molecule has 5 nitrogen and oxygen atoms in total. The van der Waals surface area contributed by atoms with E-state index in [1.54, 1.807) is 29.4 Å². The van der Waals surface area contributed by atoms with Crippen molar-refractivity contribution in [3.8, 4) is 0 Å². The van der Waals surface area contributed by atoms with Gasteiger partial charge in [0.05, 0.1) is 24.5 Å². The lowest BCUT2D eigenvalue weighted by atomic mass is 9.90. The molecular formula is C18H23N3O2S2. The molecule has 2 aromatic heterocycles. The van der Waals surface area contributed by atoms with E-state index in [9.17, 15) is 4.79 Å². The van der Waals surface area contributed by atoms with Crippen LogP contribution in [0.3, 0.4) is 0 Å². The number of nitrogens with zero attached hydrogens (tertiary/aromatic N) is 3. The second-order valence-electron chi connectivity index (χ2n) is 6.78. The molecule has 0 aromatic carbocycles. The lowest BCUT2D eigenvalue weighted by molar-refractivity contribution is -0.146. The normalized spacial score (nSPS) is 23.7. The number of fused-ring (bicyclic) bond motifs is 2. The lowest BCUT2D eigenvalue weighted by Crippen LogP contribution is -2.55. The molecule has 0 radical (unpaired) electrons. The van der Waals surface area contributed by atoms with Gasteiger partial charge in [-0.1, -0.05) is 24.6 Å². The van der Waals surface area contributed by atoms with Gasteiger partial charge < -0.3 is 9.64 Å². The fraction of sp³-hybridized carbons (Fsp3) is 0.611. The molecule has 1 aliphatic carbocycles. The molecule has 1 saturated carbocycles. The Morgan fingerprint density at radius 2 is 2.20 bits per heavy atom. The number of aryl methyl sites for hydroxylation is 2. The summed E-state index contributed by atoms with van der Waals surface area (Å²) in [7, 11) is 0. The molecule has 2 aromatic rings. The first-order valence-electron chi connectivity index (χ1n) is 8.89. The van der Waals surface area contributed by atoms with Crippen molar-refractivity contribution in [3.63, 3.8) is 0 Å². The summed E-state index contributed by atoms with van der Waals surface area (Å²) in [6.45, 7) is 5.60. The fourth-order valence-corrected chi connectivity index (χ4v) is 5.88. The standard InChI is InChI=1S/C18H23N3O2S2/c1-11-12(2)25-18-16(11)17(19-10-20-18)24-9-15(22)21-7-8-23-14-6-4-3-5-13(14)21/h10,13-14H,3-9H2,1-2H3/t13-,14-/m1/s1. The van der Waals surface area contributed by atoms with E-state index in [2.05, 4.69) is 28.7 Å². The highest BCUT2D eigenvalue weighted by molar-refractivity contribution is 8.00. The highest BCUT2D eigenvalue weighted by Crippen LogP contribution is 2.35. The Bertz CT molecular complexity index is 790. The van der Waals surface area contributed by atoms with Crippen LogP contribution in [-0.4, -0.2) is 51.8 Å². The maximum Gasteiger partial charge on any atom is 0.233 e. The van der Waals surface area contributed by atoms with Crippen LogP contribution in [0.25, 0.3) is 10.2 Å². The number of hydrogen-bond donors (Lipinski definition) is 0. The van der Waals surface area contributed by atoms with Gasteiger partial charge in [0.1, 0.15) is 16.2 Å². The monoisotopic (exact) mass is 377 g/mol. The third-order valence-corrected chi connectivity index (χ3v) is 7.40. The molecule has 1 amide bonds. The number of morpholine rings is 1. The van der Waals surface area contributed by atoms with Crippen LogP contribution in [0.4, 0.5) is 0 Å². The van der Waals surface area contributed by atoms with Crippen LogP contribution < -0.4 is 0 Å². The van der Waals surface area contributed by atoms with E-state index >= 15 is 0 Å². The quantitative estimate of drug-likeness (QED) is 0.605. The molecule has 25 heavy (non-hydrogen) atoms. The Morgan fingerprint density at radius 3 is 3.08 bits per heavy atom. The molecule has 0 bridgehead atoms. The molecule has 2 aliphatic rings. The topological polar surface area (TPSA) is 55.3 Å². The van der Waals surface area contributed by atoms with Crippen LogP contribution in [0.2, 0.25) is 0 Å². The third kappa shape index (κ3) is 3.29. The van der Waals surface area contributed by atoms with Gasteiger partial charge in [-0.15, -0.1) is 11.3 Å². The molecule has 0 N–H and O–H groups in total. The van der Waals surface area contributed by atoms with E-state index < -0.39 is 0 Å². The summed E-state index contributed by atoms with van der Waals surface area (Å²) in [4.78, 5) is 26.0. The average molecular weight is 378 g/mol. The second kappa shape index (κ2) is 7.21. The SMILES string of the molecule is Cc1sc2ncnc(SCC(=O)N3CCO[C@@H]4CCCC[C@H]43)c2c1C. The molecule has 7 heteroatoms. The van der Waals surface area contributed by atoms with Gasteiger partial charge in [0, 0.05) is 16.8 Å². The second-order valence-corrected chi connectivity index (χ2v) is 8.95. The van der Waals surface area contributed by atoms with Gasteiger partial charge in [-0.25, -0.2) is 9.97 Å². The predicted molar refractivity (Wildman–Crippen MR) is 101 cm³/mol. The molecule has 1 saturated heterocycles. The van der Waals surface area contributed by atoms with E-state index in [1.807, 2.05) is 0 Å². The van der Waals surface area contributed by atoms with Gasteiger partial charge in [0.25, 0.3) is 0 Å². The zero-order chi connectivity index (χ0) is 17.4. The van der Waals surface area contributed by atoms with Gasteiger partial charge in [0.2, 0.25) is 5.91 Å². The molecule has 4 rings (SSSR count). The van der Waals surface area contributed by atoms with Crippen LogP contribution in [0.1, 0.15) is 36.1 Å². The number of carbonyl (C=O) groups excluding carboxylic acids is 1. The maximum atomic E-state index is 12.9. The highest BCUT2D eigenvalue weighted by atomic mass is 32.2. The van der Waals surface area contributed by atoms with Crippen molar-refractivity contribution < 1.29 is 9.53 Å². The molecule has 0 unspecified atom stereocenters.